The Hall–Kier alpha value is -0.800. The molecule has 0 aromatic heterocycles. The number of ether oxygens (including phenoxy) is 2. The predicted octanol–water partition coefficient (Wildman–Crippen LogP) is 6.16. The van der Waals surface area contributed by atoms with Crippen LogP contribution in [0.25, 0.3) is 0 Å². The first-order valence-corrected chi connectivity index (χ1v) is 14.2. The van der Waals surface area contributed by atoms with E-state index >= 15 is 0 Å². The Morgan fingerprint density at radius 1 is 1.03 bits per heavy atom. The summed E-state index contributed by atoms with van der Waals surface area (Å²) in [5.74, 6) is 2.11. The Morgan fingerprint density at radius 3 is 2.56 bits per heavy atom. The highest BCUT2D eigenvalue weighted by Crippen LogP contribution is 2.70. The second-order valence-corrected chi connectivity index (χ2v) is 13.2. The standard InChI is InChI=1S/C25H37F3O5S/c1-23-12-9-17(32-15-31-2)14-16(23)5-6-18-19(23)10-13-24-11-3-4-22(21(24)8-7-20(18)24)33-34(29,30)25(26,27)28/h4,16-21H,3,5-15H2,1-2H3/t16-,17+,18?,19?,20?,21+,23-,24-/m0/s1. The molecule has 8 atom stereocenters. The van der Waals surface area contributed by atoms with Gasteiger partial charge in [-0.2, -0.15) is 21.6 Å². The van der Waals surface area contributed by atoms with Gasteiger partial charge in [-0.05, 0) is 111 Å². The summed E-state index contributed by atoms with van der Waals surface area (Å²) in [6.07, 6.45) is 12.7. The number of hydrogen-bond donors (Lipinski definition) is 0. The molecule has 0 aliphatic heterocycles. The van der Waals surface area contributed by atoms with E-state index in [1.807, 2.05) is 0 Å². The maximum atomic E-state index is 13.0. The van der Waals surface area contributed by atoms with E-state index in [1.54, 1.807) is 13.2 Å². The van der Waals surface area contributed by atoms with Gasteiger partial charge in [0, 0.05) is 13.0 Å². The van der Waals surface area contributed by atoms with Gasteiger partial charge in [0.25, 0.3) is 0 Å². The second kappa shape index (κ2) is 8.65. The fraction of sp³-hybridized carbons (Fsp3) is 0.920. The summed E-state index contributed by atoms with van der Waals surface area (Å²) in [6, 6.07) is 0. The first kappa shape index (κ1) is 24.9. The van der Waals surface area contributed by atoms with E-state index in [4.69, 9.17) is 13.7 Å². The Kier molecular flexibility index (Phi) is 6.33. The van der Waals surface area contributed by atoms with Gasteiger partial charge in [0.2, 0.25) is 0 Å². The zero-order valence-corrected chi connectivity index (χ0v) is 20.9. The third kappa shape index (κ3) is 3.83. The number of allylic oxidation sites excluding steroid dienone is 2. The maximum absolute atomic E-state index is 13.0. The SMILES string of the molecule is COCO[C@@H]1CC[C@]2(C)C3CC[C@]45CCC=C(OS(=O)(=O)C(F)(F)F)[C@H]4CCC5C3CC[C@H]2C1. The van der Waals surface area contributed by atoms with E-state index in [9.17, 15) is 21.6 Å². The highest BCUT2D eigenvalue weighted by atomic mass is 32.2. The number of methoxy groups -OCH3 is 1. The lowest BCUT2D eigenvalue weighted by Gasteiger charge is -2.62. The van der Waals surface area contributed by atoms with Gasteiger partial charge in [0.05, 0.1) is 6.10 Å². The van der Waals surface area contributed by atoms with Crippen LogP contribution in [0.15, 0.2) is 11.8 Å². The van der Waals surface area contributed by atoms with Crippen LogP contribution in [-0.2, 0) is 23.8 Å². The molecule has 5 aliphatic rings. The molecular weight excluding hydrogens is 469 g/mol. The summed E-state index contributed by atoms with van der Waals surface area (Å²) < 4.78 is 78.4. The highest BCUT2D eigenvalue weighted by Gasteiger charge is 2.63. The average Bonchev–Trinajstić information content (AvgIpc) is 3.17. The molecule has 5 nitrogen and oxygen atoms in total. The molecule has 3 unspecified atom stereocenters. The number of fused-ring (bicyclic) bond motifs is 4. The number of halogens is 3. The van der Waals surface area contributed by atoms with Gasteiger partial charge in [-0.25, -0.2) is 0 Å². The lowest BCUT2D eigenvalue weighted by Crippen LogP contribution is -2.55. The molecule has 0 heterocycles. The predicted molar refractivity (Wildman–Crippen MR) is 120 cm³/mol. The highest BCUT2D eigenvalue weighted by molar-refractivity contribution is 7.87. The molecule has 194 valence electrons. The molecule has 9 heteroatoms. The van der Waals surface area contributed by atoms with Crippen molar-refractivity contribution >= 4 is 10.1 Å². The summed E-state index contributed by atoms with van der Waals surface area (Å²) >= 11 is 0. The van der Waals surface area contributed by atoms with Crippen LogP contribution in [0.3, 0.4) is 0 Å². The van der Waals surface area contributed by atoms with E-state index in [0.29, 0.717) is 36.9 Å². The van der Waals surface area contributed by atoms with Crippen molar-refractivity contribution in [1.82, 2.24) is 0 Å². The molecule has 4 fully saturated rings. The van der Waals surface area contributed by atoms with E-state index < -0.39 is 15.6 Å². The summed E-state index contributed by atoms with van der Waals surface area (Å²) in [6.45, 7) is 2.81. The summed E-state index contributed by atoms with van der Waals surface area (Å²) in [7, 11) is -3.97. The van der Waals surface area contributed by atoms with Gasteiger partial charge in [0.15, 0.2) is 0 Å². The van der Waals surface area contributed by atoms with Crippen LogP contribution in [0.4, 0.5) is 13.2 Å². The van der Waals surface area contributed by atoms with Gasteiger partial charge in [0.1, 0.15) is 12.6 Å². The van der Waals surface area contributed by atoms with Crippen molar-refractivity contribution in [3.05, 3.63) is 11.8 Å². The molecule has 1 spiro atoms. The fourth-order valence-electron chi connectivity index (χ4n) is 9.15. The normalized spacial score (nSPS) is 44.3. The van der Waals surface area contributed by atoms with Crippen molar-refractivity contribution in [1.29, 1.82) is 0 Å². The van der Waals surface area contributed by atoms with Crippen LogP contribution in [0, 0.1) is 40.4 Å². The van der Waals surface area contributed by atoms with E-state index in [1.165, 1.54) is 6.42 Å². The van der Waals surface area contributed by atoms with Crippen molar-refractivity contribution in [3.8, 4) is 0 Å². The molecule has 0 amide bonds. The van der Waals surface area contributed by atoms with Gasteiger partial charge in [-0.15, -0.1) is 0 Å². The minimum Gasteiger partial charge on any atom is -0.381 e. The third-order valence-corrected chi connectivity index (χ3v) is 11.5. The number of alkyl halides is 3. The Balaban J connectivity index is 1.34. The summed E-state index contributed by atoms with van der Waals surface area (Å²) in [5.41, 5.74) is -5.24. The van der Waals surface area contributed by atoms with Crippen molar-refractivity contribution < 1.29 is 35.2 Å². The van der Waals surface area contributed by atoms with Gasteiger partial charge < -0.3 is 13.7 Å². The van der Waals surface area contributed by atoms with Crippen molar-refractivity contribution in [3.63, 3.8) is 0 Å². The molecule has 34 heavy (non-hydrogen) atoms. The monoisotopic (exact) mass is 506 g/mol. The molecule has 5 rings (SSSR count). The first-order chi connectivity index (χ1) is 16.0. The molecule has 0 N–H and O–H groups in total. The number of hydrogen-bond acceptors (Lipinski definition) is 5. The largest absolute Gasteiger partial charge is 0.534 e. The average molecular weight is 507 g/mol. The van der Waals surface area contributed by atoms with Gasteiger partial charge >= 0.3 is 15.6 Å². The Labute approximate surface area is 200 Å². The molecular formula is C25H37F3O5S. The van der Waals surface area contributed by atoms with E-state index in [-0.39, 0.29) is 28.6 Å². The van der Waals surface area contributed by atoms with E-state index in [0.717, 1.165) is 57.8 Å². The van der Waals surface area contributed by atoms with Crippen LogP contribution < -0.4 is 0 Å². The Bertz CT molecular complexity index is 918. The van der Waals surface area contributed by atoms with Crippen molar-refractivity contribution in [2.45, 2.75) is 89.2 Å². The molecule has 4 saturated carbocycles. The van der Waals surface area contributed by atoms with Gasteiger partial charge in [-0.1, -0.05) is 6.92 Å². The van der Waals surface area contributed by atoms with Crippen LogP contribution >= 0.6 is 0 Å². The molecule has 0 radical (unpaired) electrons. The molecule has 0 bridgehead atoms. The van der Waals surface area contributed by atoms with Crippen LogP contribution in [0.5, 0.6) is 0 Å². The van der Waals surface area contributed by atoms with Crippen LogP contribution in [0.1, 0.15) is 77.6 Å². The topological polar surface area (TPSA) is 61.8 Å². The first-order valence-electron chi connectivity index (χ1n) is 12.8. The van der Waals surface area contributed by atoms with E-state index in [2.05, 4.69) is 6.92 Å². The molecule has 5 aliphatic carbocycles. The van der Waals surface area contributed by atoms with Crippen molar-refractivity contribution in [2.24, 2.45) is 40.4 Å². The minimum atomic E-state index is -5.63. The zero-order chi connectivity index (χ0) is 24.4. The third-order valence-electron chi connectivity index (χ3n) is 10.5. The fourth-order valence-corrected chi connectivity index (χ4v) is 9.68. The van der Waals surface area contributed by atoms with Crippen molar-refractivity contribution in [2.75, 3.05) is 13.9 Å². The quantitative estimate of drug-likeness (QED) is 0.254. The summed E-state index contributed by atoms with van der Waals surface area (Å²) in [4.78, 5) is 0. The van der Waals surface area contributed by atoms with Crippen LogP contribution in [-0.4, -0.2) is 33.9 Å². The molecule has 0 aromatic rings. The number of rotatable bonds is 5. The minimum absolute atomic E-state index is 0.0558. The smallest absolute Gasteiger partial charge is 0.381 e. The lowest BCUT2D eigenvalue weighted by atomic mass is 9.43. The molecule has 0 saturated heterocycles. The zero-order valence-electron chi connectivity index (χ0n) is 20.1. The maximum Gasteiger partial charge on any atom is 0.534 e. The van der Waals surface area contributed by atoms with Crippen LogP contribution in [0.2, 0.25) is 0 Å². The lowest BCUT2D eigenvalue weighted by molar-refractivity contribution is -0.155. The summed E-state index contributed by atoms with van der Waals surface area (Å²) in [5, 5.41) is 0. The van der Waals surface area contributed by atoms with Gasteiger partial charge in [-0.3, -0.25) is 0 Å². The molecule has 0 aromatic carbocycles. The Morgan fingerprint density at radius 2 is 1.82 bits per heavy atom. The second-order valence-electron chi connectivity index (χ2n) is 11.7.